The van der Waals surface area contributed by atoms with Gasteiger partial charge in [-0.15, -0.1) is 10.2 Å². The number of nitro benzene ring substituents is 1. The van der Waals surface area contributed by atoms with E-state index in [1.165, 1.54) is 51.9 Å². The highest BCUT2D eigenvalue weighted by atomic mass is 32.1. The molecule has 0 saturated heterocycles. The minimum atomic E-state index is -0.497. The number of fused-ring (bicyclic) bond motifs is 1. The van der Waals surface area contributed by atoms with Crippen LogP contribution in [0.3, 0.4) is 0 Å². The predicted octanol–water partition coefficient (Wildman–Crippen LogP) is 3.46. The molecule has 0 N–H and O–H groups in total. The summed E-state index contributed by atoms with van der Waals surface area (Å²) in [6.45, 7) is 0. The Bertz CT molecular complexity index is 1280. The number of methoxy groups -OCH3 is 4. The van der Waals surface area contributed by atoms with Crippen LogP contribution in [0.25, 0.3) is 26.9 Å². The van der Waals surface area contributed by atoms with Crippen LogP contribution in [-0.4, -0.2) is 53.2 Å². The summed E-state index contributed by atoms with van der Waals surface area (Å²) >= 11 is 1.25. The third-order valence-corrected chi connectivity index (χ3v) is 5.51. The van der Waals surface area contributed by atoms with Crippen molar-refractivity contribution in [2.75, 3.05) is 28.4 Å². The highest BCUT2D eigenvalue weighted by molar-refractivity contribution is 7.19. The van der Waals surface area contributed by atoms with Gasteiger partial charge in [-0.25, -0.2) is 0 Å². The lowest BCUT2D eigenvalue weighted by atomic mass is 10.1. The van der Waals surface area contributed by atoms with E-state index in [-0.39, 0.29) is 11.4 Å². The Hall–Kier alpha value is -3.93. The van der Waals surface area contributed by atoms with Gasteiger partial charge < -0.3 is 18.9 Å². The number of ether oxygens (including phenoxy) is 4. The molecule has 0 unspecified atom stereocenters. The molecule has 4 rings (SSSR count). The molecule has 160 valence electrons. The molecule has 0 atom stereocenters. The number of benzene rings is 2. The molecule has 0 fully saturated rings. The Morgan fingerprint density at radius 3 is 2.29 bits per heavy atom. The summed E-state index contributed by atoms with van der Waals surface area (Å²) in [7, 11) is 5.95. The second-order valence-electron chi connectivity index (χ2n) is 6.15. The molecular weight excluding hydrogens is 426 g/mol. The highest BCUT2D eigenvalue weighted by Crippen LogP contribution is 2.44. The number of aromatic nitrogens is 4. The zero-order valence-electron chi connectivity index (χ0n) is 17.0. The van der Waals surface area contributed by atoms with E-state index >= 15 is 0 Å². The highest BCUT2D eigenvalue weighted by Gasteiger charge is 2.23. The van der Waals surface area contributed by atoms with Gasteiger partial charge in [0.2, 0.25) is 10.7 Å². The second-order valence-corrected chi connectivity index (χ2v) is 7.11. The molecule has 0 aliphatic carbocycles. The van der Waals surface area contributed by atoms with Crippen LogP contribution in [0.15, 0.2) is 30.3 Å². The Kier molecular flexibility index (Phi) is 5.29. The fraction of sp³-hybridized carbons (Fsp3) is 0.211. The van der Waals surface area contributed by atoms with Crippen molar-refractivity contribution in [1.82, 2.24) is 19.8 Å². The van der Waals surface area contributed by atoms with Crippen molar-refractivity contribution in [3.8, 4) is 45.0 Å². The lowest BCUT2D eigenvalue weighted by molar-refractivity contribution is -0.385. The Balaban J connectivity index is 1.85. The van der Waals surface area contributed by atoms with Crippen molar-refractivity contribution < 1.29 is 23.9 Å². The lowest BCUT2D eigenvalue weighted by Gasteiger charge is -2.14. The number of nitro groups is 1. The largest absolute Gasteiger partial charge is 0.493 e. The van der Waals surface area contributed by atoms with Gasteiger partial charge in [-0.2, -0.15) is 9.61 Å². The SMILES string of the molecule is COc1ccc(-c2nn3c(-c4ccc(OC)c(OC)c4OC)nnc3s2)cc1[N+](=O)[O-]. The normalized spacial score (nSPS) is 10.8. The molecule has 2 aromatic carbocycles. The van der Waals surface area contributed by atoms with E-state index in [1.807, 2.05) is 0 Å². The number of hydrogen-bond donors (Lipinski definition) is 0. The average Bonchev–Trinajstić information content (AvgIpc) is 3.38. The summed E-state index contributed by atoms with van der Waals surface area (Å²) in [5, 5.41) is 24.9. The van der Waals surface area contributed by atoms with Gasteiger partial charge in [0.15, 0.2) is 23.1 Å². The number of nitrogens with zero attached hydrogens (tertiary/aromatic N) is 5. The first kappa shape index (κ1) is 20.3. The van der Waals surface area contributed by atoms with Crippen molar-refractivity contribution in [3.05, 3.63) is 40.4 Å². The molecule has 11 nitrogen and oxygen atoms in total. The molecule has 4 aromatic rings. The monoisotopic (exact) mass is 443 g/mol. The fourth-order valence-electron chi connectivity index (χ4n) is 3.14. The zero-order chi connectivity index (χ0) is 22.1. The maximum atomic E-state index is 11.4. The van der Waals surface area contributed by atoms with Gasteiger partial charge in [-0.05, 0) is 24.3 Å². The fourth-order valence-corrected chi connectivity index (χ4v) is 3.98. The molecule has 0 aliphatic rings. The molecule has 0 radical (unpaired) electrons. The third-order valence-electron chi connectivity index (χ3n) is 4.56. The maximum Gasteiger partial charge on any atom is 0.311 e. The van der Waals surface area contributed by atoms with Crippen molar-refractivity contribution in [1.29, 1.82) is 0 Å². The summed E-state index contributed by atoms with van der Waals surface area (Å²) < 4.78 is 22.9. The van der Waals surface area contributed by atoms with Gasteiger partial charge in [0.25, 0.3) is 0 Å². The molecule has 0 spiro atoms. The van der Waals surface area contributed by atoms with Gasteiger partial charge in [-0.3, -0.25) is 10.1 Å². The predicted molar refractivity (Wildman–Crippen MR) is 112 cm³/mol. The van der Waals surface area contributed by atoms with Crippen LogP contribution in [-0.2, 0) is 0 Å². The van der Waals surface area contributed by atoms with Crippen LogP contribution in [0.5, 0.6) is 23.0 Å². The first-order valence-electron chi connectivity index (χ1n) is 8.86. The van der Waals surface area contributed by atoms with Crippen LogP contribution >= 0.6 is 11.3 Å². The molecular formula is C19H17N5O6S. The summed E-state index contributed by atoms with van der Waals surface area (Å²) in [5.74, 6) is 1.95. The van der Waals surface area contributed by atoms with Gasteiger partial charge in [0.1, 0.15) is 5.01 Å². The Labute approximate surface area is 179 Å². The summed E-state index contributed by atoms with van der Waals surface area (Å²) in [5.41, 5.74) is 1.02. The average molecular weight is 443 g/mol. The van der Waals surface area contributed by atoms with E-state index in [0.29, 0.717) is 44.2 Å². The quantitative estimate of drug-likeness (QED) is 0.312. The molecule has 2 heterocycles. The van der Waals surface area contributed by atoms with Crippen molar-refractivity contribution in [3.63, 3.8) is 0 Å². The third kappa shape index (κ3) is 3.36. The molecule has 0 saturated carbocycles. The van der Waals surface area contributed by atoms with Crippen LogP contribution in [0.4, 0.5) is 5.69 Å². The van der Waals surface area contributed by atoms with E-state index in [9.17, 15) is 10.1 Å². The number of rotatable bonds is 7. The van der Waals surface area contributed by atoms with Crippen molar-refractivity contribution in [2.45, 2.75) is 0 Å². The van der Waals surface area contributed by atoms with E-state index in [0.717, 1.165) is 0 Å². The van der Waals surface area contributed by atoms with E-state index in [4.69, 9.17) is 18.9 Å². The van der Waals surface area contributed by atoms with E-state index in [1.54, 1.807) is 22.7 Å². The minimum absolute atomic E-state index is 0.146. The lowest BCUT2D eigenvalue weighted by Crippen LogP contribution is -1.99. The van der Waals surface area contributed by atoms with E-state index in [2.05, 4.69) is 15.3 Å². The minimum Gasteiger partial charge on any atom is -0.493 e. The van der Waals surface area contributed by atoms with Crippen molar-refractivity contribution in [2.24, 2.45) is 0 Å². The Morgan fingerprint density at radius 1 is 0.935 bits per heavy atom. The first-order chi connectivity index (χ1) is 15.0. The Morgan fingerprint density at radius 2 is 1.65 bits per heavy atom. The summed E-state index contributed by atoms with van der Waals surface area (Å²) in [6, 6.07) is 8.16. The van der Waals surface area contributed by atoms with Crippen LogP contribution in [0.2, 0.25) is 0 Å². The molecule has 0 amide bonds. The molecule has 0 aliphatic heterocycles. The van der Waals surface area contributed by atoms with Gasteiger partial charge >= 0.3 is 5.69 Å². The van der Waals surface area contributed by atoms with Crippen molar-refractivity contribution >= 4 is 22.0 Å². The van der Waals surface area contributed by atoms with Crippen LogP contribution in [0.1, 0.15) is 0 Å². The molecule has 2 aromatic heterocycles. The molecule has 0 bridgehead atoms. The molecule has 12 heteroatoms. The standard InChI is InChI=1S/C19H17N5O6S/c1-27-13-7-5-10(9-12(13)24(25)26)18-22-23-17(20-21-19(23)31-18)11-6-8-14(28-2)16(30-4)15(11)29-3/h5-9H,1-4H3. The number of hydrogen-bond acceptors (Lipinski definition) is 10. The van der Waals surface area contributed by atoms with Gasteiger partial charge in [0, 0.05) is 11.6 Å². The zero-order valence-corrected chi connectivity index (χ0v) is 17.8. The summed E-state index contributed by atoms with van der Waals surface area (Å²) in [6.07, 6.45) is 0. The molecule has 31 heavy (non-hydrogen) atoms. The smallest absolute Gasteiger partial charge is 0.311 e. The van der Waals surface area contributed by atoms with Gasteiger partial charge in [-0.1, -0.05) is 11.3 Å². The second kappa shape index (κ2) is 8.07. The van der Waals surface area contributed by atoms with Crippen LogP contribution < -0.4 is 18.9 Å². The topological polar surface area (TPSA) is 123 Å². The van der Waals surface area contributed by atoms with Crippen LogP contribution in [0, 0.1) is 10.1 Å². The maximum absolute atomic E-state index is 11.4. The summed E-state index contributed by atoms with van der Waals surface area (Å²) in [4.78, 5) is 11.4. The van der Waals surface area contributed by atoms with E-state index < -0.39 is 4.92 Å². The van der Waals surface area contributed by atoms with Gasteiger partial charge in [0.05, 0.1) is 38.9 Å². The first-order valence-corrected chi connectivity index (χ1v) is 9.68.